The fourth-order valence-corrected chi connectivity index (χ4v) is 8.23. The minimum Gasteiger partial charge on any atom is -0.371 e. The van der Waals surface area contributed by atoms with E-state index in [0.717, 1.165) is 37.1 Å². The molecule has 1 aliphatic heterocycles. The Morgan fingerprint density at radius 3 is 2.30 bits per heavy atom. The number of benzene rings is 1. The molecule has 5 atom stereocenters. The molecule has 302 valence electrons. The maximum absolute atomic E-state index is 14.1. The van der Waals surface area contributed by atoms with Crippen LogP contribution in [0.2, 0.25) is 0 Å². The molecule has 18 heteroatoms. The molecule has 0 aliphatic carbocycles. The van der Waals surface area contributed by atoms with Crippen molar-refractivity contribution >= 4 is 45.0 Å². The summed E-state index contributed by atoms with van der Waals surface area (Å²) in [5.41, 5.74) is 0.430. The summed E-state index contributed by atoms with van der Waals surface area (Å²) in [6.07, 6.45) is -1.93. The highest BCUT2D eigenvalue weighted by Gasteiger charge is 2.39. The molecule has 2 heterocycles. The number of nitrogens with one attached hydrogen (secondary N) is 3. The van der Waals surface area contributed by atoms with E-state index >= 15 is 0 Å². The van der Waals surface area contributed by atoms with E-state index in [2.05, 4.69) is 10.3 Å². The van der Waals surface area contributed by atoms with Crippen LogP contribution in [0.3, 0.4) is 0 Å². The van der Waals surface area contributed by atoms with E-state index in [4.69, 9.17) is 4.74 Å². The van der Waals surface area contributed by atoms with Crippen molar-refractivity contribution in [3.8, 4) is 0 Å². The van der Waals surface area contributed by atoms with Crippen LogP contribution >= 0.6 is 11.3 Å². The highest BCUT2D eigenvalue weighted by atomic mass is 32.2. The lowest BCUT2D eigenvalue weighted by atomic mass is 9.92. The van der Waals surface area contributed by atoms with Gasteiger partial charge >= 0.3 is 12.1 Å². The van der Waals surface area contributed by atoms with Gasteiger partial charge in [0.15, 0.2) is 0 Å². The van der Waals surface area contributed by atoms with Crippen LogP contribution in [0.15, 0.2) is 29.6 Å². The van der Waals surface area contributed by atoms with Crippen molar-refractivity contribution < 1.29 is 45.5 Å². The van der Waals surface area contributed by atoms with E-state index in [1.54, 1.807) is 17.3 Å². The van der Waals surface area contributed by atoms with Gasteiger partial charge in [0.1, 0.15) is 22.8 Å². The van der Waals surface area contributed by atoms with Gasteiger partial charge in [0.05, 0.1) is 11.8 Å². The van der Waals surface area contributed by atoms with Crippen molar-refractivity contribution in [1.82, 2.24) is 30.1 Å². The van der Waals surface area contributed by atoms with E-state index in [1.807, 2.05) is 51.3 Å². The lowest BCUT2D eigenvalue weighted by molar-refractivity contribution is -0.173. The second kappa shape index (κ2) is 19.8. The van der Waals surface area contributed by atoms with Crippen LogP contribution in [0.5, 0.6) is 0 Å². The van der Waals surface area contributed by atoms with Crippen LogP contribution in [0, 0.1) is 11.8 Å². The summed E-state index contributed by atoms with van der Waals surface area (Å²) in [6, 6.07) is 4.12. The number of halogens is 3. The number of hydrogen-bond acceptors (Lipinski definition) is 10. The first-order valence-corrected chi connectivity index (χ1v) is 20.6. The van der Waals surface area contributed by atoms with Crippen LogP contribution in [0.25, 0.3) is 0 Å². The number of carbonyl (C=O) groups is 4. The van der Waals surface area contributed by atoms with Crippen molar-refractivity contribution in [2.75, 3.05) is 27.2 Å². The number of ether oxygens (including phenoxy) is 1. The van der Waals surface area contributed by atoms with Crippen LogP contribution in [0.4, 0.5) is 13.2 Å². The number of likely N-dealkylation sites (tertiary alicyclic amines) is 1. The van der Waals surface area contributed by atoms with Gasteiger partial charge < -0.3 is 20.3 Å². The molecule has 0 radical (unpaired) electrons. The van der Waals surface area contributed by atoms with Crippen LogP contribution in [-0.4, -0.2) is 98.4 Å². The monoisotopic (exact) mass is 802 g/mol. The van der Waals surface area contributed by atoms with E-state index in [9.17, 15) is 40.8 Å². The molecule has 3 N–H and O–H groups in total. The molecular weight excluding hydrogens is 750 g/mol. The molecule has 1 aromatic heterocycles. The average Bonchev–Trinajstić information content (AvgIpc) is 3.61. The van der Waals surface area contributed by atoms with E-state index < -0.39 is 52.5 Å². The molecule has 0 spiro atoms. The Bertz CT molecular complexity index is 1690. The standard InChI is InChI=1S/C36H53F3N6O7S2/c1-8-23(5)30(42-32(47)27-12-10-11-17-44(27)6)34(48)45(7)28(22(3)4)18-29(52-9-2)33-41-26(20-53-33)31(46)43-54(50,51)21-25-15-13-24(14-16-25)19-40-35(49)36(37,38)39/h13-16,20,22-23,27-30H,8-12,17-19,21H2,1-7H3,(H,40,49)(H,42,47)(H,43,46)/t23-,27+,28+,29+,30-/m0/s1. The molecule has 13 nitrogen and oxygen atoms in total. The first-order chi connectivity index (χ1) is 25.3. The third-order valence-corrected chi connectivity index (χ3v) is 11.8. The number of rotatable bonds is 18. The zero-order valence-corrected chi connectivity index (χ0v) is 33.5. The summed E-state index contributed by atoms with van der Waals surface area (Å²) in [5, 5.41) is 6.64. The molecule has 0 unspecified atom stereocenters. The Hall–Kier alpha value is -3.61. The van der Waals surface area contributed by atoms with Gasteiger partial charge in [-0.2, -0.15) is 13.2 Å². The normalized spacial score (nSPS) is 17.6. The van der Waals surface area contributed by atoms with Crippen LogP contribution in [-0.2, 0) is 41.4 Å². The number of alkyl halides is 3. The summed E-state index contributed by atoms with van der Waals surface area (Å²) in [4.78, 5) is 59.7. The number of piperidine rings is 1. The summed E-state index contributed by atoms with van der Waals surface area (Å²) in [7, 11) is -0.569. The zero-order chi connectivity index (χ0) is 40.4. The molecule has 54 heavy (non-hydrogen) atoms. The third-order valence-electron chi connectivity index (χ3n) is 9.66. The summed E-state index contributed by atoms with van der Waals surface area (Å²) in [6.45, 7) is 10.4. The second-order valence-electron chi connectivity index (χ2n) is 14.1. The minimum atomic E-state index is -5.02. The summed E-state index contributed by atoms with van der Waals surface area (Å²) < 4.78 is 71.1. The van der Waals surface area contributed by atoms with Crippen molar-refractivity contribution in [2.45, 2.75) is 109 Å². The summed E-state index contributed by atoms with van der Waals surface area (Å²) in [5.74, 6) is -4.16. The number of carbonyl (C=O) groups excluding carboxylic acids is 4. The maximum atomic E-state index is 14.1. The Labute approximate surface area is 319 Å². The Morgan fingerprint density at radius 2 is 1.72 bits per heavy atom. The first-order valence-electron chi connectivity index (χ1n) is 18.1. The van der Waals surface area contributed by atoms with Gasteiger partial charge in [0.25, 0.3) is 5.91 Å². The number of likely N-dealkylation sites (N-methyl/N-ethyl adjacent to an activating group) is 2. The molecular formula is C36H53F3N6O7S2. The number of hydrogen-bond donors (Lipinski definition) is 3. The lowest BCUT2D eigenvalue weighted by Crippen LogP contribution is -2.58. The number of amides is 4. The van der Waals surface area contributed by atoms with Gasteiger partial charge in [0, 0.05) is 38.0 Å². The molecule has 3 rings (SSSR count). The molecule has 0 bridgehead atoms. The fraction of sp³-hybridized carbons (Fsp3) is 0.639. The topological polar surface area (TPSA) is 167 Å². The SMILES string of the molecule is CCO[C@H](C[C@H](C(C)C)N(C)C(=O)[C@@H](NC(=O)[C@H]1CCCCN1C)[C@@H](C)CC)c1nc(C(=O)NS(=O)(=O)Cc2ccc(CNC(=O)C(F)(F)F)cc2)cs1. The second-order valence-corrected chi connectivity index (χ2v) is 16.7. The minimum absolute atomic E-state index is 0.0275. The number of nitrogens with zero attached hydrogens (tertiary/aromatic N) is 3. The predicted molar refractivity (Wildman–Crippen MR) is 199 cm³/mol. The zero-order valence-electron chi connectivity index (χ0n) is 31.9. The van der Waals surface area contributed by atoms with Gasteiger partial charge in [-0.05, 0) is 56.3 Å². The van der Waals surface area contributed by atoms with Crippen molar-refractivity contribution in [3.63, 3.8) is 0 Å². The molecule has 2 aromatic rings. The molecule has 0 saturated carbocycles. The van der Waals surface area contributed by atoms with E-state index in [1.165, 1.54) is 29.6 Å². The van der Waals surface area contributed by atoms with Crippen molar-refractivity contribution in [1.29, 1.82) is 0 Å². The first kappa shape index (κ1) is 44.8. The van der Waals surface area contributed by atoms with Gasteiger partial charge in [-0.1, -0.05) is 64.8 Å². The Balaban J connectivity index is 1.69. The molecule has 1 saturated heterocycles. The highest BCUT2D eigenvalue weighted by molar-refractivity contribution is 7.89. The quantitative estimate of drug-likeness (QED) is 0.196. The Kier molecular flexibility index (Phi) is 16.4. The fourth-order valence-electron chi connectivity index (χ4n) is 6.28. The molecule has 1 aliphatic rings. The van der Waals surface area contributed by atoms with E-state index in [-0.39, 0.29) is 47.0 Å². The van der Waals surface area contributed by atoms with E-state index in [0.29, 0.717) is 30.0 Å². The Morgan fingerprint density at radius 1 is 1.07 bits per heavy atom. The number of thiazole rings is 1. The van der Waals surface area contributed by atoms with Gasteiger partial charge in [-0.15, -0.1) is 11.3 Å². The number of sulfonamides is 1. The van der Waals surface area contributed by atoms with Crippen LogP contribution in [0.1, 0.15) is 99.4 Å². The van der Waals surface area contributed by atoms with Gasteiger partial charge in [-0.25, -0.2) is 18.1 Å². The molecule has 1 aromatic carbocycles. The maximum Gasteiger partial charge on any atom is 0.471 e. The predicted octanol–water partition coefficient (Wildman–Crippen LogP) is 4.55. The average molecular weight is 803 g/mol. The third kappa shape index (κ3) is 12.7. The number of aromatic nitrogens is 1. The molecule has 1 fully saturated rings. The van der Waals surface area contributed by atoms with Crippen LogP contribution < -0.4 is 15.4 Å². The highest BCUT2D eigenvalue weighted by Crippen LogP contribution is 2.31. The summed E-state index contributed by atoms with van der Waals surface area (Å²) >= 11 is 1.12. The largest absolute Gasteiger partial charge is 0.471 e. The smallest absolute Gasteiger partial charge is 0.371 e. The van der Waals surface area contributed by atoms with Crippen molar-refractivity contribution in [2.24, 2.45) is 11.8 Å². The molecule has 4 amide bonds. The van der Waals surface area contributed by atoms with Crippen molar-refractivity contribution in [3.05, 3.63) is 51.5 Å². The van der Waals surface area contributed by atoms with Gasteiger partial charge in [0.2, 0.25) is 21.8 Å². The lowest BCUT2D eigenvalue weighted by Gasteiger charge is -2.38. The van der Waals surface area contributed by atoms with Gasteiger partial charge in [-0.3, -0.25) is 24.1 Å².